The Labute approximate surface area is 127 Å². The summed E-state index contributed by atoms with van der Waals surface area (Å²) in [6.07, 6.45) is 1.58. The van der Waals surface area contributed by atoms with Crippen molar-refractivity contribution in [2.75, 3.05) is 56.2 Å². The number of piperazine rings is 2. The molecule has 0 aliphatic carbocycles. The lowest BCUT2D eigenvalue weighted by molar-refractivity contribution is -0.121. The third-order valence-electron chi connectivity index (χ3n) is 3.60. The van der Waals surface area contributed by atoms with E-state index in [2.05, 4.69) is 20.6 Å². The van der Waals surface area contributed by atoms with E-state index in [1.165, 1.54) is 0 Å². The van der Waals surface area contributed by atoms with Crippen LogP contribution in [0.5, 0.6) is 5.75 Å². The molecule has 0 atom stereocenters. The van der Waals surface area contributed by atoms with E-state index in [9.17, 15) is 9.59 Å². The van der Waals surface area contributed by atoms with Crippen LogP contribution in [0.15, 0.2) is 6.20 Å². The summed E-state index contributed by atoms with van der Waals surface area (Å²) in [6, 6.07) is 0. The number of nitrogens with zero attached hydrogens (tertiary/aromatic N) is 4. The Kier molecular flexibility index (Phi) is 3.94. The minimum Gasteiger partial charge on any atom is -0.491 e. The zero-order valence-corrected chi connectivity index (χ0v) is 12.3. The molecular weight excluding hydrogens is 288 g/mol. The van der Waals surface area contributed by atoms with Gasteiger partial charge in [0.05, 0.1) is 26.4 Å². The van der Waals surface area contributed by atoms with Crippen LogP contribution in [0.3, 0.4) is 0 Å². The molecule has 118 valence electrons. The van der Waals surface area contributed by atoms with E-state index in [0.717, 1.165) is 0 Å². The minimum absolute atomic E-state index is 0.0502. The van der Waals surface area contributed by atoms with Gasteiger partial charge in [-0.1, -0.05) is 0 Å². The third kappa shape index (κ3) is 2.87. The highest BCUT2D eigenvalue weighted by atomic mass is 16.5. The van der Waals surface area contributed by atoms with Gasteiger partial charge in [0.25, 0.3) is 0 Å². The number of hydrogen-bond donors (Lipinski definition) is 2. The Morgan fingerprint density at radius 2 is 1.73 bits per heavy atom. The predicted octanol–water partition coefficient (Wildman–Crippen LogP) is -1.64. The highest BCUT2D eigenvalue weighted by molar-refractivity contribution is 5.83. The van der Waals surface area contributed by atoms with Crippen LogP contribution >= 0.6 is 0 Å². The Balaban J connectivity index is 1.88. The number of methoxy groups -OCH3 is 1. The largest absolute Gasteiger partial charge is 0.491 e. The zero-order chi connectivity index (χ0) is 15.5. The standard InChI is InChI=1S/C13H18N6O3/c1-22-9-6-16-13(19-5-3-15-11(21)8-19)17-12(9)18-4-2-14-10(20)7-18/h6H,2-5,7-8H2,1H3,(H,14,20)(H,15,21). The molecule has 0 bridgehead atoms. The second-order valence-corrected chi connectivity index (χ2v) is 5.11. The summed E-state index contributed by atoms with van der Waals surface area (Å²) in [4.78, 5) is 35.5. The van der Waals surface area contributed by atoms with Crippen molar-refractivity contribution in [3.8, 4) is 5.75 Å². The van der Waals surface area contributed by atoms with E-state index in [4.69, 9.17) is 4.74 Å². The third-order valence-corrected chi connectivity index (χ3v) is 3.60. The molecule has 1 aromatic rings. The van der Waals surface area contributed by atoms with Gasteiger partial charge >= 0.3 is 0 Å². The normalized spacial score (nSPS) is 18.8. The molecule has 22 heavy (non-hydrogen) atoms. The van der Waals surface area contributed by atoms with Crippen LogP contribution in [-0.4, -0.2) is 68.2 Å². The zero-order valence-electron chi connectivity index (χ0n) is 12.3. The molecule has 2 fully saturated rings. The summed E-state index contributed by atoms with van der Waals surface area (Å²) in [7, 11) is 1.54. The topological polar surface area (TPSA) is 99.7 Å². The number of carbonyl (C=O) groups excluding carboxylic acids is 2. The van der Waals surface area contributed by atoms with Gasteiger partial charge in [0.2, 0.25) is 17.8 Å². The first kappa shape index (κ1) is 14.4. The van der Waals surface area contributed by atoms with Gasteiger partial charge in [-0.05, 0) is 0 Å². The van der Waals surface area contributed by atoms with Crippen molar-refractivity contribution in [1.29, 1.82) is 0 Å². The Morgan fingerprint density at radius 1 is 1.09 bits per heavy atom. The molecule has 0 saturated carbocycles. The van der Waals surface area contributed by atoms with Crippen molar-refractivity contribution in [2.24, 2.45) is 0 Å². The number of nitrogens with one attached hydrogen (secondary N) is 2. The maximum Gasteiger partial charge on any atom is 0.239 e. The lowest BCUT2D eigenvalue weighted by atomic mass is 10.3. The molecule has 9 nitrogen and oxygen atoms in total. The molecule has 0 aromatic carbocycles. The number of carbonyl (C=O) groups is 2. The second-order valence-electron chi connectivity index (χ2n) is 5.11. The second kappa shape index (κ2) is 6.04. The van der Waals surface area contributed by atoms with Crippen LogP contribution in [0.1, 0.15) is 0 Å². The monoisotopic (exact) mass is 306 g/mol. The summed E-state index contributed by atoms with van der Waals surface area (Å²) >= 11 is 0. The molecule has 2 saturated heterocycles. The molecule has 3 heterocycles. The smallest absolute Gasteiger partial charge is 0.239 e. The molecule has 2 aliphatic heterocycles. The molecule has 0 unspecified atom stereocenters. The van der Waals surface area contributed by atoms with Crippen molar-refractivity contribution in [3.05, 3.63) is 6.20 Å². The predicted molar refractivity (Wildman–Crippen MR) is 79.0 cm³/mol. The fourth-order valence-electron chi connectivity index (χ4n) is 2.50. The van der Waals surface area contributed by atoms with Gasteiger partial charge in [0.15, 0.2) is 11.6 Å². The Morgan fingerprint density at radius 3 is 2.36 bits per heavy atom. The van der Waals surface area contributed by atoms with Crippen molar-refractivity contribution in [3.63, 3.8) is 0 Å². The van der Waals surface area contributed by atoms with Crippen LogP contribution in [0.2, 0.25) is 0 Å². The Hall–Kier alpha value is -2.58. The fraction of sp³-hybridized carbons (Fsp3) is 0.538. The van der Waals surface area contributed by atoms with Gasteiger partial charge in [0, 0.05) is 26.2 Å². The molecule has 0 spiro atoms. The van der Waals surface area contributed by atoms with E-state index in [-0.39, 0.29) is 24.9 Å². The van der Waals surface area contributed by atoms with E-state index in [1.54, 1.807) is 13.3 Å². The van der Waals surface area contributed by atoms with Gasteiger partial charge in [-0.25, -0.2) is 4.98 Å². The highest BCUT2D eigenvalue weighted by Gasteiger charge is 2.24. The first-order chi connectivity index (χ1) is 10.7. The van der Waals surface area contributed by atoms with Crippen LogP contribution in [-0.2, 0) is 9.59 Å². The minimum atomic E-state index is -0.0513. The quantitative estimate of drug-likeness (QED) is 0.691. The fourth-order valence-corrected chi connectivity index (χ4v) is 2.50. The van der Waals surface area contributed by atoms with Crippen molar-refractivity contribution in [2.45, 2.75) is 0 Å². The number of ether oxygens (including phenoxy) is 1. The van der Waals surface area contributed by atoms with E-state index < -0.39 is 0 Å². The summed E-state index contributed by atoms with van der Waals surface area (Å²) in [5, 5.41) is 5.54. The number of hydrogen-bond acceptors (Lipinski definition) is 7. The first-order valence-electron chi connectivity index (χ1n) is 7.11. The van der Waals surface area contributed by atoms with E-state index in [0.29, 0.717) is 43.7 Å². The number of rotatable bonds is 3. The average Bonchev–Trinajstić information content (AvgIpc) is 2.54. The van der Waals surface area contributed by atoms with Crippen molar-refractivity contribution < 1.29 is 14.3 Å². The summed E-state index contributed by atoms with van der Waals surface area (Å²) < 4.78 is 5.30. The van der Waals surface area contributed by atoms with Gasteiger partial charge in [-0.3, -0.25) is 9.59 Å². The van der Waals surface area contributed by atoms with E-state index >= 15 is 0 Å². The molecule has 9 heteroatoms. The molecule has 0 radical (unpaired) electrons. The van der Waals surface area contributed by atoms with Crippen molar-refractivity contribution in [1.82, 2.24) is 20.6 Å². The van der Waals surface area contributed by atoms with Crippen LogP contribution < -0.4 is 25.2 Å². The lowest BCUT2D eigenvalue weighted by Crippen LogP contribution is -2.49. The van der Waals surface area contributed by atoms with E-state index in [1.807, 2.05) is 9.80 Å². The lowest BCUT2D eigenvalue weighted by Gasteiger charge is -2.31. The van der Waals surface area contributed by atoms with Gasteiger partial charge in [-0.15, -0.1) is 0 Å². The molecular formula is C13H18N6O3. The molecule has 2 aliphatic rings. The van der Waals surface area contributed by atoms with Gasteiger partial charge in [-0.2, -0.15) is 4.98 Å². The molecule has 3 rings (SSSR count). The molecule has 1 aromatic heterocycles. The SMILES string of the molecule is COc1cnc(N2CCNC(=O)C2)nc1N1CCNC(=O)C1. The summed E-state index contributed by atoms with van der Waals surface area (Å²) in [5.41, 5.74) is 0. The first-order valence-corrected chi connectivity index (χ1v) is 7.11. The van der Waals surface area contributed by atoms with Gasteiger partial charge < -0.3 is 25.2 Å². The summed E-state index contributed by atoms with van der Waals surface area (Å²) in [5.74, 6) is 1.46. The number of aromatic nitrogens is 2. The van der Waals surface area contributed by atoms with Gasteiger partial charge in [0.1, 0.15) is 0 Å². The number of anilines is 2. The Bertz CT molecular complexity index is 593. The van der Waals surface area contributed by atoms with Crippen LogP contribution in [0.4, 0.5) is 11.8 Å². The van der Waals surface area contributed by atoms with Crippen molar-refractivity contribution >= 4 is 23.6 Å². The van der Waals surface area contributed by atoms with Crippen LogP contribution in [0, 0.1) is 0 Å². The maximum absolute atomic E-state index is 11.6. The van der Waals surface area contributed by atoms with Crippen LogP contribution in [0.25, 0.3) is 0 Å². The maximum atomic E-state index is 11.6. The molecule has 2 amide bonds. The highest BCUT2D eigenvalue weighted by Crippen LogP contribution is 2.27. The summed E-state index contributed by atoms with van der Waals surface area (Å²) in [6.45, 7) is 2.89. The molecule has 2 N–H and O–H groups in total. The average molecular weight is 306 g/mol. The number of amides is 2.